The van der Waals surface area contributed by atoms with E-state index in [0.717, 1.165) is 0 Å². The van der Waals surface area contributed by atoms with Crippen LogP contribution in [0.3, 0.4) is 0 Å². The lowest BCUT2D eigenvalue weighted by molar-refractivity contribution is -0.145. The second-order valence-electron chi connectivity index (χ2n) is 6.16. The molecular weight excluding hydrogens is 282 g/mol. The minimum atomic E-state index is -1.01. The maximum Gasteiger partial charge on any atom is 0.326 e. The monoisotopic (exact) mass is 307 g/mol. The lowest BCUT2D eigenvalue weighted by Gasteiger charge is -2.28. The second-order valence-corrected chi connectivity index (χ2v) is 6.16. The van der Waals surface area contributed by atoms with Gasteiger partial charge in [-0.3, -0.25) is 4.79 Å². The quantitative estimate of drug-likeness (QED) is 0.774. The van der Waals surface area contributed by atoms with E-state index in [9.17, 15) is 14.7 Å². The molecular formula is C17H25NO4. The number of hydrogen-bond acceptors (Lipinski definition) is 3. The van der Waals surface area contributed by atoms with E-state index < -0.39 is 17.4 Å². The van der Waals surface area contributed by atoms with E-state index >= 15 is 0 Å². The van der Waals surface area contributed by atoms with E-state index in [-0.39, 0.29) is 18.4 Å². The number of carboxylic acid groups (broad SMARTS) is 1. The van der Waals surface area contributed by atoms with Crippen molar-refractivity contribution >= 4 is 11.9 Å². The summed E-state index contributed by atoms with van der Waals surface area (Å²) in [5.41, 5.74) is -0.822. The maximum absolute atomic E-state index is 12.4. The Hall–Kier alpha value is -2.04. The van der Waals surface area contributed by atoms with Gasteiger partial charge in [0.05, 0.1) is 5.41 Å². The molecule has 1 amide bonds. The molecule has 1 rings (SSSR count). The van der Waals surface area contributed by atoms with Crippen molar-refractivity contribution in [3.05, 3.63) is 30.3 Å². The summed E-state index contributed by atoms with van der Waals surface area (Å²) < 4.78 is 5.61. The van der Waals surface area contributed by atoms with Crippen molar-refractivity contribution in [2.24, 2.45) is 11.3 Å². The molecule has 0 heterocycles. The fourth-order valence-electron chi connectivity index (χ4n) is 1.87. The highest BCUT2D eigenvalue weighted by atomic mass is 16.5. The van der Waals surface area contributed by atoms with Crippen molar-refractivity contribution in [1.29, 1.82) is 0 Å². The van der Waals surface area contributed by atoms with Crippen LogP contribution >= 0.6 is 0 Å². The topological polar surface area (TPSA) is 75.6 Å². The van der Waals surface area contributed by atoms with Crippen molar-refractivity contribution in [2.75, 3.05) is 6.61 Å². The third-order valence-electron chi connectivity index (χ3n) is 3.72. The van der Waals surface area contributed by atoms with Crippen molar-refractivity contribution < 1.29 is 19.4 Å². The highest BCUT2D eigenvalue weighted by molar-refractivity contribution is 5.87. The normalized spacial score (nSPS) is 14.0. The van der Waals surface area contributed by atoms with Crippen LogP contribution in [0.4, 0.5) is 0 Å². The number of carbonyl (C=O) groups excluding carboxylic acids is 1. The van der Waals surface area contributed by atoms with Gasteiger partial charge in [-0.2, -0.15) is 0 Å². The van der Waals surface area contributed by atoms with E-state index in [4.69, 9.17) is 4.74 Å². The summed E-state index contributed by atoms with van der Waals surface area (Å²) in [4.78, 5) is 23.7. The van der Waals surface area contributed by atoms with Crippen LogP contribution in [-0.2, 0) is 9.59 Å². The molecule has 0 spiro atoms. The molecule has 1 aromatic carbocycles. The van der Waals surface area contributed by atoms with E-state index in [1.165, 1.54) is 0 Å². The summed E-state index contributed by atoms with van der Waals surface area (Å²) >= 11 is 0. The Kier molecular flexibility index (Phi) is 6.40. The highest BCUT2D eigenvalue weighted by Gasteiger charge is 2.34. The molecule has 0 saturated heterocycles. The number of amides is 1. The lowest BCUT2D eigenvalue weighted by Crippen LogP contribution is -2.51. The first kappa shape index (κ1) is 18.0. The van der Waals surface area contributed by atoms with Gasteiger partial charge in [0.25, 0.3) is 0 Å². The molecule has 5 heteroatoms. The van der Waals surface area contributed by atoms with Crippen LogP contribution in [0.2, 0.25) is 0 Å². The molecule has 0 aliphatic heterocycles. The van der Waals surface area contributed by atoms with Gasteiger partial charge in [0, 0.05) is 0 Å². The molecule has 0 bridgehead atoms. The fraction of sp³-hybridized carbons (Fsp3) is 0.529. The smallest absolute Gasteiger partial charge is 0.326 e. The number of aliphatic carboxylic acids is 1. The van der Waals surface area contributed by atoms with Gasteiger partial charge in [0.15, 0.2) is 0 Å². The van der Waals surface area contributed by atoms with Gasteiger partial charge >= 0.3 is 5.97 Å². The Morgan fingerprint density at radius 1 is 1.27 bits per heavy atom. The molecule has 2 N–H and O–H groups in total. The Balaban J connectivity index is 2.66. The number of rotatable bonds is 8. The summed E-state index contributed by atoms with van der Waals surface area (Å²) in [5, 5.41) is 11.9. The van der Waals surface area contributed by atoms with Crippen LogP contribution < -0.4 is 10.1 Å². The van der Waals surface area contributed by atoms with Crippen molar-refractivity contribution in [2.45, 2.75) is 40.2 Å². The first-order valence-corrected chi connectivity index (χ1v) is 7.49. The van der Waals surface area contributed by atoms with Crippen molar-refractivity contribution in [3.8, 4) is 5.75 Å². The molecule has 0 aliphatic rings. The van der Waals surface area contributed by atoms with Gasteiger partial charge in [-0.15, -0.1) is 0 Å². The number of ether oxygens (including phenoxy) is 1. The minimum absolute atomic E-state index is 0.132. The minimum Gasteiger partial charge on any atom is -0.492 e. The predicted molar refractivity (Wildman–Crippen MR) is 84.7 cm³/mol. The van der Waals surface area contributed by atoms with Crippen LogP contribution in [0, 0.1) is 11.3 Å². The summed E-state index contributed by atoms with van der Waals surface area (Å²) in [6.07, 6.45) is 0.679. The zero-order valence-corrected chi connectivity index (χ0v) is 13.6. The van der Waals surface area contributed by atoms with Crippen LogP contribution in [-0.4, -0.2) is 29.6 Å². The van der Waals surface area contributed by atoms with Gasteiger partial charge in [0.2, 0.25) is 5.91 Å². The van der Waals surface area contributed by atoms with Gasteiger partial charge in [-0.1, -0.05) is 38.5 Å². The van der Waals surface area contributed by atoms with Crippen molar-refractivity contribution in [1.82, 2.24) is 5.32 Å². The van der Waals surface area contributed by atoms with E-state index in [2.05, 4.69) is 5.32 Å². The molecule has 2 atom stereocenters. The molecule has 0 aromatic heterocycles. The van der Waals surface area contributed by atoms with Gasteiger partial charge < -0.3 is 15.2 Å². The van der Waals surface area contributed by atoms with E-state index in [1.807, 2.05) is 44.2 Å². The predicted octanol–water partition coefficient (Wildman–Crippen LogP) is 2.71. The number of carbonyl (C=O) groups is 2. The zero-order valence-electron chi connectivity index (χ0n) is 13.6. The Labute approximate surface area is 131 Å². The first-order valence-electron chi connectivity index (χ1n) is 7.49. The van der Waals surface area contributed by atoms with Crippen LogP contribution in [0.25, 0.3) is 0 Å². The molecule has 0 saturated carbocycles. The molecule has 0 radical (unpaired) electrons. The summed E-state index contributed by atoms with van der Waals surface area (Å²) in [5.74, 6) is -0.786. The standard InChI is InChI=1S/C17H25NO4/c1-5-12(2)14(15(19)20)18-16(21)17(3,4)11-22-13-9-7-6-8-10-13/h6-10,12,14H,5,11H2,1-4H3,(H,18,21)(H,19,20). The molecule has 122 valence electrons. The largest absolute Gasteiger partial charge is 0.492 e. The fourth-order valence-corrected chi connectivity index (χ4v) is 1.87. The SMILES string of the molecule is CCC(C)C(NC(=O)C(C)(C)COc1ccccc1)C(=O)O. The Bertz CT molecular complexity index is 499. The maximum atomic E-state index is 12.4. The summed E-state index contributed by atoms with van der Waals surface area (Å²) in [6, 6.07) is 8.33. The van der Waals surface area contributed by atoms with Crippen LogP contribution in [0.15, 0.2) is 30.3 Å². The molecule has 22 heavy (non-hydrogen) atoms. The number of para-hydroxylation sites is 1. The Morgan fingerprint density at radius 2 is 1.86 bits per heavy atom. The first-order chi connectivity index (χ1) is 10.3. The average Bonchev–Trinajstić information content (AvgIpc) is 2.50. The van der Waals surface area contributed by atoms with Crippen LogP contribution in [0.1, 0.15) is 34.1 Å². The zero-order chi connectivity index (χ0) is 16.8. The van der Waals surface area contributed by atoms with E-state index in [1.54, 1.807) is 13.8 Å². The molecule has 0 fully saturated rings. The number of hydrogen-bond donors (Lipinski definition) is 2. The lowest BCUT2D eigenvalue weighted by atomic mass is 9.91. The van der Waals surface area contributed by atoms with E-state index in [0.29, 0.717) is 12.2 Å². The number of nitrogens with one attached hydrogen (secondary N) is 1. The Morgan fingerprint density at radius 3 is 2.36 bits per heavy atom. The molecule has 5 nitrogen and oxygen atoms in total. The van der Waals surface area contributed by atoms with Gasteiger partial charge in [-0.25, -0.2) is 4.79 Å². The third-order valence-corrected chi connectivity index (χ3v) is 3.72. The molecule has 1 aromatic rings. The average molecular weight is 307 g/mol. The summed E-state index contributed by atoms with van der Waals surface area (Å²) in [6.45, 7) is 7.36. The summed E-state index contributed by atoms with van der Waals surface area (Å²) in [7, 11) is 0. The highest BCUT2D eigenvalue weighted by Crippen LogP contribution is 2.20. The number of benzene rings is 1. The third kappa shape index (κ3) is 5.06. The molecule has 2 unspecified atom stereocenters. The van der Waals surface area contributed by atoms with Gasteiger partial charge in [0.1, 0.15) is 18.4 Å². The number of carboxylic acids is 1. The van der Waals surface area contributed by atoms with Crippen LogP contribution in [0.5, 0.6) is 5.75 Å². The molecule has 0 aliphatic carbocycles. The van der Waals surface area contributed by atoms with Gasteiger partial charge in [-0.05, 0) is 31.9 Å². The second kappa shape index (κ2) is 7.82. The van der Waals surface area contributed by atoms with Crippen molar-refractivity contribution in [3.63, 3.8) is 0 Å².